The van der Waals surface area contributed by atoms with Crippen LogP contribution in [0.3, 0.4) is 0 Å². The topological polar surface area (TPSA) is 85.2 Å². The third-order valence-corrected chi connectivity index (χ3v) is 5.84. The van der Waals surface area contributed by atoms with Gasteiger partial charge < -0.3 is 4.90 Å². The van der Waals surface area contributed by atoms with Gasteiger partial charge in [-0.15, -0.1) is 5.10 Å². The molecule has 2 heterocycles. The second kappa shape index (κ2) is 5.77. The van der Waals surface area contributed by atoms with Crippen LogP contribution in [0, 0.1) is 6.92 Å². The summed E-state index contributed by atoms with van der Waals surface area (Å²) in [6, 6.07) is 7.40. The zero-order valence-corrected chi connectivity index (χ0v) is 13.8. The first-order valence-corrected chi connectivity index (χ1v) is 9.15. The Bertz CT molecular complexity index is 827. The highest BCUT2D eigenvalue weighted by Gasteiger charge is 2.33. The summed E-state index contributed by atoms with van der Waals surface area (Å²) in [6.45, 7) is 1.99. The molecule has 0 radical (unpaired) electrons. The van der Waals surface area contributed by atoms with Crippen LogP contribution in [0.15, 0.2) is 30.5 Å². The van der Waals surface area contributed by atoms with Crippen molar-refractivity contribution in [2.45, 2.75) is 19.4 Å². The molecule has 0 saturated carbocycles. The first-order valence-electron chi connectivity index (χ1n) is 7.33. The molecule has 1 atom stereocenters. The van der Waals surface area contributed by atoms with E-state index in [0.29, 0.717) is 6.42 Å². The third-order valence-electron chi connectivity index (χ3n) is 4.09. The average molecular weight is 334 g/mol. The minimum Gasteiger partial charge on any atom is -0.336 e. The Kier molecular flexibility index (Phi) is 3.93. The number of hydrogen-bond donors (Lipinski definition) is 0. The van der Waals surface area contributed by atoms with Crippen molar-refractivity contribution in [1.29, 1.82) is 0 Å². The van der Waals surface area contributed by atoms with Gasteiger partial charge in [0.25, 0.3) is 5.91 Å². The summed E-state index contributed by atoms with van der Waals surface area (Å²) in [5, 5.41) is 7.89. The summed E-state index contributed by atoms with van der Waals surface area (Å²) in [5.41, 5.74) is 2.15. The molecule has 1 aliphatic heterocycles. The molecule has 0 aliphatic carbocycles. The zero-order chi connectivity index (χ0) is 16.6. The number of carbonyl (C=O) groups is 1. The second-order valence-electron chi connectivity index (χ2n) is 5.86. The van der Waals surface area contributed by atoms with Crippen molar-refractivity contribution in [1.82, 2.24) is 19.9 Å². The molecule has 7 nitrogen and oxygen atoms in total. The van der Waals surface area contributed by atoms with Crippen LogP contribution >= 0.6 is 0 Å². The van der Waals surface area contributed by atoms with Gasteiger partial charge in [-0.25, -0.2) is 13.1 Å². The Balaban J connectivity index is 1.77. The predicted molar refractivity (Wildman–Crippen MR) is 85.2 cm³/mol. The monoisotopic (exact) mass is 334 g/mol. The lowest BCUT2D eigenvalue weighted by Crippen LogP contribution is -2.38. The lowest BCUT2D eigenvalue weighted by Gasteiger charge is -2.21. The van der Waals surface area contributed by atoms with E-state index in [9.17, 15) is 13.2 Å². The molecule has 8 heteroatoms. The highest BCUT2D eigenvalue weighted by molar-refractivity contribution is 7.91. The molecule has 2 aromatic rings. The molecule has 122 valence electrons. The number of aryl methyl sites for hydroxylation is 1. The molecule has 1 unspecified atom stereocenters. The average Bonchev–Trinajstić information content (AvgIpc) is 3.13. The van der Waals surface area contributed by atoms with Crippen molar-refractivity contribution in [3.8, 4) is 5.69 Å². The van der Waals surface area contributed by atoms with E-state index in [1.54, 1.807) is 13.2 Å². The van der Waals surface area contributed by atoms with Crippen molar-refractivity contribution in [3.63, 3.8) is 0 Å². The Morgan fingerprint density at radius 3 is 2.61 bits per heavy atom. The SMILES string of the molecule is Cc1ccc(-n2cc(C(=O)N(C)C3CCS(=O)(=O)C3)nn2)cc1. The highest BCUT2D eigenvalue weighted by atomic mass is 32.2. The maximum Gasteiger partial charge on any atom is 0.276 e. The molecule has 1 aromatic heterocycles. The number of carbonyl (C=O) groups excluding carboxylic acids is 1. The number of nitrogens with zero attached hydrogens (tertiary/aromatic N) is 4. The maximum absolute atomic E-state index is 12.5. The van der Waals surface area contributed by atoms with E-state index in [-0.39, 0.29) is 29.1 Å². The number of benzene rings is 1. The Morgan fingerprint density at radius 2 is 2.00 bits per heavy atom. The largest absolute Gasteiger partial charge is 0.336 e. The van der Waals surface area contributed by atoms with Gasteiger partial charge >= 0.3 is 0 Å². The van der Waals surface area contributed by atoms with Gasteiger partial charge in [0.2, 0.25) is 0 Å². The molecule has 1 fully saturated rings. The summed E-state index contributed by atoms with van der Waals surface area (Å²) in [5.74, 6) is -0.169. The van der Waals surface area contributed by atoms with Crippen LogP contribution in [0.5, 0.6) is 0 Å². The van der Waals surface area contributed by atoms with Gasteiger partial charge in [0.05, 0.1) is 23.4 Å². The lowest BCUT2D eigenvalue weighted by atomic mass is 10.2. The molecule has 1 saturated heterocycles. The van der Waals surface area contributed by atoms with E-state index in [1.807, 2.05) is 31.2 Å². The summed E-state index contributed by atoms with van der Waals surface area (Å²) >= 11 is 0. The lowest BCUT2D eigenvalue weighted by molar-refractivity contribution is 0.0741. The van der Waals surface area contributed by atoms with Gasteiger partial charge in [-0.1, -0.05) is 22.9 Å². The van der Waals surface area contributed by atoms with Crippen molar-refractivity contribution >= 4 is 15.7 Å². The molecular formula is C15H18N4O3S. The minimum absolute atomic E-state index is 0.0152. The van der Waals surface area contributed by atoms with Gasteiger partial charge in [-0.3, -0.25) is 4.79 Å². The number of amides is 1. The summed E-state index contributed by atoms with van der Waals surface area (Å²) in [7, 11) is -1.42. The summed E-state index contributed by atoms with van der Waals surface area (Å²) in [4.78, 5) is 13.9. The fourth-order valence-corrected chi connectivity index (χ4v) is 4.39. The van der Waals surface area contributed by atoms with Crippen LogP contribution in [0.2, 0.25) is 0 Å². The molecule has 0 spiro atoms. The number of rotatable bonds is 3. The maximum atomic E-state index is 12.5. The normalized spacial score (nSPS) is 19.7. The van der Waals surface area contributed by atoms with Gasteiger partial charge in [-0.2, -0.15) is 0 Å². The van der Waals surface area contributed by atoms with E-state index in [2.05, 4.69) is 10.3 Å². The molecule has 1 amide bonds. The summed E-state index contributed by atoms with van der Waals surface area (Å²) < 4.78 is 24.6. The number of hydrogen-bond acceptors (Lipinski definition) is 5. The van der Waals surface area contributed by atoms with E-state index in [1.165, 1.54) is 9.58 Å². The Labute approximate surface area is 134 Å². The van der Waals surface area contributed by atoms with Crippen molar-refractivity contribution in [2.75, 3.05) is 18.6 Å². The predicted octanol–water partition coefficient (Wildman–Crippen LogP) is 0.835. The molecule has 23 heavy (non-hydrogen) atoms. The van der Waals surface area contributed by atoms with Gasteiger partial charge in [0.1, 0.15) is 0 Å². The highest BCUT2D eigenvalue weighted by Crippen LogP contribution is 2.18. The molecule has 0 N–H and O–H groups in total. The number of aromatic nitrogens is 3. The molecule has 3 rings (SSSR count). The van der Waals surface area contributed by atoms with Crippen LogP contribution in [0.1, 0.15) is 22.5 Å². The second-order valence-corrected chi connectivity index (χ2v) is 8.09. The minimum atomic E-state index is -3.03. The molecule has 0 bridgehead atoms. The Morgan fingerprint density at radius 1 is 1.30 bits per heavy atom. The molecule has 1 aliphatic rings. The van der Waals surface area contributed by atoms with Gasteiger partial charge in [-0.05, 0) is 25.5 Å². The fourth-order valence-electron chi connectivity index (χ4n) is 2.61. The van der Waals surface area contributed by atoms with Gasteiger partial charge in [0, 0.05) is 13.1 Å². The fraction of sp³-hybridized carbons (Fsp3) is 0.400. The number of sulfone groups is 1. The summed E-state index contributed by atoms with van der Waals surface area (Å²) in [6.07, 6.45) is 2.03. The van der Waals surface area contributed by atoms with Crippen LogP contribution in [-0.4, -0.2) is 58.8 Å². The van der Waals surface area contributed by atoms with Crippen molar-refractivity contribution in [3.05, 3.63) is 41.7 Å². The van der Waals surface area contributed by atoms with Crippen molar-refractivity contribution in [2.24, 2.45) is 0 Å². The standard InChI is InChI=1S/C15H18N4O3S/c1-11-3-5-12(6-4-11)19-9-14(16-17-19)15(20)18(2)13-7-8-23(21,22)10-13/h3-6,9,13H,7-8,10H2,1-2H3. The third kappa shape index (κ3) is 3.26. The molecular weight excluding hydrogens is 316 g/mol. The van der Waals surface area contributed by atoms with Crippen LogP contribution < -0.4 is 0 Å². The van der Waals surface area contributed by atoms with Gasteiger partial charge in [0.15, 0.2) is 15.5 Å². The van der Waals surface area contributed by atoms with Crippen LogP contribution in [0.25, 0.3) is 5.69 Å². The van der Waals surface area contributed by atoms with Crippen LogP contribution in [0.4, 0.5) is 0 Å². The first-order chi connectivity index (χ1) is 10.9. The molecule has 1 aromatic carbocycles. The van der Waals surface area contributed by atoms with E-state index < -0.39 is 9.84 Å². The van der Waals surface area contributed by atoms with Crippen molar-refractivity contribution < 1.29 is 13.2 Å². The van der Waals surface area contributed by atoms with E-state index in [4.69, 9.17) is 0 Å². The smallest absolute Gasteiger partial charge is 0.276 e. The van der Waals surface area contributed by atoms with E-state index in [0.717, 1.165) is 11.3 Å². The first kappa shape index (κ1) is 15.7. The quantitative estimate of drug-likeness (QED) is 0.830. The van der Waals surface area contributed by atoms with Crippen LogP contribution in [-0.2, 0) is 9.84 Å². The van der Waals surface area contributed by atoms with E-state index >= 15 is 0 Å². The Hall–Kier alpha value is -2.22. The zero-order valence-electron chi connectivity index (χ0n) is 13.0.